The molecule has 1 fully saturated rings. The molecule has 0 saturated carbocycles. The number of hydrogen-bond donors (Lipinski definition) is 0. The van der Waals surface area contributed by atoms with Crippen LogP contribution in [0, 0.1) is 0 Å². The Morgan fingerprint density at radius 1 is 0.800 bits per heavy atom. The van der Waals surface area contributed by atoms with E-state index >= 15 is 0 Å². The van der Waals surface area contributed by atoms with Gasteiger partial charge in [-0.25, -0.2) is 9.97 Å². The van der Waals surface area contributed by atoms with E-state index in [1.807, 2.05) is 24.3 Å². The fraction of sp³-hybridized carbons (Fsp3) is 0.250. The highest BCUT2D eigenvalue weighted by atomic mass is 15.3. The van der Waals surface area contributed by atoms with Crippen molar-refractivity contribution in [2.45, 2.75) is 12.8 Å². The minimum Gasteiger partial charge on any atom is -0.351 e. The van der Waals surface area contributed by atoms with Crippen molar-refractivity contribution in [2.75, 3.05) is 36.0 Å². The van der Waals surface area contributed by atoms with Gasteiger partial charge < -0.3 is 9.80 Å². The monoisotopic (exact) mass is 396 g/mol. The van der Waals surface area contributed by atoms with E-state index in [4.69, 9.17) is 5.10 Å². The second-order valence-electron chi connectivity index (χ2n) is 7.51. The Morgan fingerprint density at radius 2 is 1.57 bits per heavy atom. The average molecular weight is 396 g/mol. The van der Waals surface area contributed by atoms with Crippen molar-refractivity contribution in [3.8, 4) is 11.3 Å². The average Bonchev–Trinajstić information content (AvgIpc) is 2.85. The summed E-state index contributed by atoms with van der Waals surface area (Å²) in [6.07, 6.45) is 12.3. The molecule has 0 atom stereocenters. The van der Waals surface area contributed by atoms with Gasteiger partial charge in [0.15, 0.2) is 5.82 Å². The van der Waals surface area contributed by atoms with Gasteiger partial charge >= 0.3 is 0 Å². The predicted octanol–water partition coefficient (Wildman–Crippen LogP) is 3.99. The lowest BCUT2D eigenvalue weighted by Gasteiger charge is -2.36. The van der Waals surface area contributed by atoms with Gasteiger partial charge in [-0.15, -0.1) is 10.2 Å². The molecule has 2 aromatic heterocycles. The molecule has 6 heteroatoms. The summed E-state index contributed by atoms with van der Waals surface area (Å²) in [4.78, 5) is 13.3. The number of aromatic nitrogens is 4. The molecule has 30 heavy (non-hydrogen) atoms. The number of anilines is 2. The summed E-state index contributed by atoms with van der Waals surface area (Å²) >= 11 is 0. The molecule has 3 aromatic rings. The zero-order chi connectivity index (χ0) is 20.2. The standard InChI is InChI=1S/C24H24N6/c1-3-8-19(9-4-1)21-18-22(20-10-5-2-6-11-20)27-28-23(21)29-14-16-30(17-15-29)24-25-12-7-13-26-24/h1-3,5-8,10-13,18H,4,9,14-17H2. The van der Waals surface area contributed by atoms with Gasteiger partial charge in [0.05, 0.1) is 5.69 Å². The van der Waals surface area contributed by atoms with Crippen LogP contribution < -0.4 is 9.80 Å². The largest absolute Gasteiger partial charge is 0.351 e. The van der Waals surface area contributed by atoms with E-state index in [0.717, 1.165) is 62.0 Å². The number of hydrogen-bond acceptors (Lipinski definition) is 6. The zero-order valence-electron chi connectivity index (χ0n) is 16.9. The first kappa shape index (κ1) is 18.5. The molecule has 1 aliphatic heterocycles. The Hall–Kier alpha value is -3.54. The van der Waals surface area contributed by atoms with Gasteiger partial charge in [-0.3, -0.25) is 0 Å². The van der Waals surface area contributed by atoms with E-state index < -0.39 is 0 Å². The Morgan fingerprint density at radius 3 is 2.30 bits per heavy atom. The minimum atomic E-state index is 0.794. The van der Waals surface area contributed by atoms with E-state index in [2.05, 4.69) is 61.3 Å². The van der Waals surface area contributed by atoms with Crippen LogP contribution in [0.2, 0.25) is 0 Å². The normalized spacial score (nSPS) is 16.5. The molecule has 2 aliphatic rings. The SMILES string of the molecule is C1=CCCC(c2cc(-c3ccccc3)nnc2N2CCN(c3ncccn3)CC2)=C1. The smallest absolute Gasteiger partial charge is 0.225 e. The van der Waals surface area contributed by atoms with Crippen LogP contribution in [0.25, 0.3) is 16.8 Å². The van der Waals surface area contributed by atoms with E-state index in [-0.39, 0.29) is 0 Å². The van der Waals surface area contributed by atoms with Gasteiger partial charge in [0.1, 0.15) is 0 Å². The molecule has 5 rings (SSSR count). The first-order valence-electron chi connectivity index (χ1n) is 10.4. The number of piperazine rings is 1. The lowest BCUT2D eigenvalue weighted by atomic mass is 9.96. The van der Waals surface area contributed by atoms with Crippen LogP contribution in [0.4, 0.5) is 11.8 Å². The van der Waals surface area contributed by atoms with Gasteiger partial charge in [-0.1, -0.05) is 48.6 Å². The van der Waals surface area contributed by atoms with Gasteiger partial charge in [0, 0.05) is 49.7 Å². The lowest BCUT2D eigenvalue weighted by Crippen LogP contribution is -2.47. The Labute approximate surface area is 176 Å². The summed E-state index contributed by atoms with van der Waals surface area (Å²) in [6, 6.07) is 14.3. The van der Waals surface area contributed by atoms with Crippen molar-refractivity contribution < 1.29 is 0 Å². The van der Waals surface area contributed by atoms with Crippen LogP contribution in [0.3, 0.4) is 0 Å². The predicted molar refractivity (Wildman–Crippen MR) is 120 cm³/mol. The highest BCUT2D eigenvalue weighted by molar-refractivity contribution is 5.79. The number of allylic oxidation sites excluding steroid dienone is 4. The molecule has 0 bridgehead atoms. The molecule has 150 valence electrons. The van der Waals surface area contributed by atoms with Crippen LogP contribution >= 0.6 is 0 Å². The van der Waals surface area contributed by atoms with Crippen LogP contribution in [-0.2, 0) is 0 Å². The van der Waals surface area contributed by atoms with E-state index in [1.54, 1.807) is 12.4 Å². The van der Waals surface area contributed by atoms with Gasteiger partial charge in [0.25, 0.3) is 0 Å². The Bertz CT molecular complexity index is 1050. The van der Waals surface area contributed by atoms with Crippen LogP contribution in [-0.4, -0.2) is 46.3 Å². The maximum atomic E-state index is 4.71. The third-order valence-electron chi connectivity index (χ3n) is 5.62. The number of rotatable bonds is 4. The topological polar surface area (TPSA) is 58.0 Å². The highest BCUT2D eigenvalue weighted by Gasteiger charge is 2.24. The van der Waals surface area contributed by atoms with Crippen LogP contribution in [0.1, 0.15) is 18.4 Å². The quantitative estimate of drug-likeness (QED) is 0.665. The highest BCUT2D eigenvalue weighted by Crippen LogP contribution is 2.33. The second kappa shape index (κ2) is 8.45. The second-order valence-corrected chi connectivity index (χ2v) is 7.51. The Balaban J connectivity index is 1.44. The maximum Gasteiger partial charge on any atom is 0.225 e. The summed E-state index contributed by atoms with van der Waals surface area (Å²) in [5.74, 6) is 1.77. The van der Waals surface area contributed by atoms with Crippen molar-refractivity contribution >= 4 is 17.3 Å². The molecule has 1 aromatic carbocycles. The minimum absolute atomic E-state index is 0.794. The molecular weight excluding hydrogens is 372 g/mol. The first-order valence-corrected chi connectivity index (χ1v) is 10.4. The number of benzene rings is 1. The van der Waals surface area contributed by atoms with Crippen molar-refractivity contribution in [3.63, 3.8) is 0 Å². The molecule has 0 spiro atoms. The first-order chi connectivity index (χ1) is 14.9. The van der Waals surface area contributed by atoms with E-state index in [9.17, 15) is 0 Å². The third-order valence-corrected chi connectivity index (χ3v) is 5.62. The third kappa shape index (κ3) is 3.81. The molecule has 0 N–H and O–H groups in total. The van der Waals surface area contributed by atoms with Crippen LogP contribution in [0.15, 0.2) is 73.1 Å². The number of nitrogens with zero attached hydrogens (tertiary/aromatic N) is 6. The molecule has 0 amide bonds. The molecule has 0 unspecified atom stereocenters. The molecular formula is C24H24N6. The molecule has 0 radical (unpaired) electrons. The van der Waals surface area contributed by atoms with Gasteiger partial charge in [0.2, 0.25) is 5.95 Å². The summed E-state index contributed by atoms with van der Waals surface area (Å²) in [7, 11) is 0. The van der Waals surface area contributed by atoms with E-state index in [0.29, 0.717) is 0 Å². The lowest BCUT2D eigenvalue weighted by molar-refractivity contribution is 0.630. The van der Waals surface area contributed by atoms with Crippen molar-refractivity contribution in [2.24, 2.45) is 0 Å². The fourth-order valence-electron chi connectivity index (χ4n) is 4.00. The molecule has 1 saturated heterocycles. The molecule has 3 heterocycles. The summed E-state index contributed by atoms with van der Waals surface area (Å²) in [5, 5.41) is 9.29. The van der Waals surface area contributed by atoms with E-state index in [1.165, 1.54) is 11.1 Å². The van der Waals surface area contributed by atoms with Gasteiger partial charge in [-0.05, 0) is 30.5 Å². The van der Waals surface area contributed by atoms with Crippen molar-refractivity contribution in [1.29, 1.82) is 0 Å². The molecule has 1 aliphatic carbocycles. The molecule has 6 nitrogen and oxygen atoms in total. The zero-order valence-corrected chi connectivity index (χ0v) is 16.9. The fourth-order valence-corrected chi connectivity index (χ4v) is 4.00. The summed E-state index contributed by atoms with van der Waals surface area (Å²) in [6.45, 7) is 3.47. The Kier molecular flexibility index (Phi) is 5.21. The summed E-state index contributed by atoms with van der Waals surface area (Å²) in [5.41, 5.74) is 4.53. The van der Waals surface area contributed by atoms with Crippen molar-refractivity contribution in [3.05, 3.63) is 78.6 Å². The van der Waals surface area contributed by atoms with Crippen molar-refractivity contribution in [1.82, 2.24) is 20.2 Å². The van der Waals surface area contributed by atoms with Gasteiger partial charge in [-0.2, -0.15) is 0 Å². The van der Waals surface area contributed by atoms with Crippen LogP contribution in [0.5, 0.6) is 0 Å². The summed E-state index contributed by atoms with van der Waals surface area (Å²) < 4.78 is 0. The maximum absolute atomic E-state index is 4.71.